The number of nitrogens with zero attached hydrogens (tertiary/aromatic N) is 1. The molecular weight excluding hydrogens is 372 g/mol. The van der Waals surface area contributed by atoms with E-state index in [4.69, 9.17) is 0 Å². The van der Waals surface area contributed by atoms with Crippen molar-refractivity contribution >= 4 is 34.6 Å². The molecular formula is C21H24N4O4. The Morgan fingerprint density at radius 2 is 1.83 bits per heavy atom. The Balaban J connectivity index is 1.71. The van der Waals surface area contributed by atoms with Crippen LogP contribution in [-0.4, -0.2) is 41.9 Å². The van der Waals surface area contributed by atoms with Crippen LogP contribution in [-0.2, 0) is 15.1 Å². The molecule has 3 N–H and O–H groups in total. The number of rotatable bonds is 6. The van der Waals surface area contributed by atoms with Gasteiger partial charge in [-0.1, -0.05) is 49.7 Å². The number of imide groups is 2. The molecule has 1 saturated heterocycles. The van der Waals surface area contributed by atoms with Gasteiger partial charge in [-0.25, -0.2) is 9.59 Å². The number of nitrogens with one attached hydrogen (secondary N) is 3. The maximum absolute atomic E-state index is 13.0. The molecule has 2 aromatic carbocycles. The van der Waals surface area contributed by atoms with Crippen LogP contribution >= 0.6 is 0 Å². The topological polar surface area (TPSA) is 108 Å². The van der Waals surface area contributed by atoms with Gasteiger partial charge in [0.2, 0.25) is 5.91 Å². The normalized spacial score (nSPS) is 18.6. The maximum atomic E-state index is 13.0. The lowest BCUT2D eigenvalue weighted by Gasteiger charge is -2.22. The van der Waals surface area contributed by atoms with E-state index in [1.54, 1.807) is 13.0 Å². The van der Waals surface area contributed by atoms with E-state index in [2.05, 4.69) is 16.0 Å². The summed E-state index contributed by atoms with van der Waals surface area (Å²) in [5, 5.41) is 9.30. The average Bonchev–Trinajstić information content (AvgIpc) is 2.91. The van der Waals surface area contributed by atoms with Crippen LogP contribution in [0.3, 0.4) is 0 Å². The molecule has 1 aliphatic rings. The summed E-state index contributed by atoms with van der Waals surface area (Å²) in [6, 6.07) is 11.9. The summed E-state index contributed by atoms with van der Waals surface area (Å²) < 4.78 is 0. The highest BCUT2D eigenvalue weighted by Crippen LogP contribution is 2.30. The molecule has 1 fully saturated rings. The fraction of sp³-hybridized carbons (Fsp3) is 0.333. The number of benzene rings is 2. The van der Waals surface area contributed by atoms with Crippen molar-refractivity contribution in [1.29, 1.82) is 0 Å². The Bertz CT molecular complexity index is 974. The number of unbranched alkanes of at least 4 members (excludes halogenated alkanes) is 1. The van der Waals surface area contributed by atoms with Crippen molar-refractivity contribution in [2.75, 3.05) is 13.1 Å². The summed E-state index contributed by atoms with van der Waals surface area (Å²) >= 11 is 0. The SMILES string of the molecule is CCCCNC(=O)NC(=O)CN1C(=O)N[C@](C)(c2ccc3ccccc3c2)C1=O. The molecule has 1 aliphatic heterocycles. The van der Waals surface area contributed by atoms with Crippen LogP contribution in [0.2, 0.25) is 0 Å². The van der Waals surface area contributed by atoms with Gasteiger partial charge in [-0.2, -0.15) is 0 Å². The van der Waals surface area contributed by atoms with Crippen molar-refractivity contribution in [2.45, 2.75) is 32.2 Å². The first-order valence-corrected chi connectivity index (χ1v) is 9.56. The Morgan fingerprint density at radius 1 is 1.10 bits per heavy atom. The van der Waals surface area contributed by atoms with E-state index in [0.29, 0.717) is 12.1 Å². The lowest BCUT2D eigenvalue weighted by Crippen LogP contribution is -2.47. The van der Waals surface area contributed by atoms with E-state index in [-0.39, 0.29) is 0 Å². The first-order chi connectivity index (χ1) is 13.8. The number of fused-ring (bicyclic) bond motifs is 1. The fourth-order valence-corrected chi connectivity index (χ4v) is 3.27. The quantitative estimate of drug-likeness (QED) is 0.514. The minimum atomic E-state index is -1.29. The second-order valence-corrected chi connectivity index (χ2v) is 7.17. The van der Waals surface area contributed by atoms with E-state index in [1.165, 1.54) is 0 Å². The lowest BCUT2D eigenvalue weighted by molar-refractivity contribution is -0.134. The zero-order valence-electron chi connectivity index (χ0n) is 16.5. The van der Waals surface area contributed by atoms with Crippen LogP contribution in [0.15, 0.2) is 42.5 Å². The standard InChI is InChI=1S/C21H24N4O4/c1-3-4-11-22-19(28)23-17(26)13-25-18(27)21(2,24-20(25)29)16-10-9-14-7-5-6-8-15(14)12-16/h5-10,12H,3-4,11,13H2,1-2H3,(H,24,29)(H2,22,23,26,28)/t21-/m1/s1. The van der Waals surface area contributed by atoms with Crippen LogP contribution in [0.4, 0.5) is 9.59 Å². The van der Waals surface area contributed by atoms with E-state index in [1.807, 2.05) is 43.3 Å². The summed E-state index contributed by atoms with van der Waals surface area (Å²) in [6.07, 6.45) is 1.70. The second kappa shape index (κ2) is 8.30. The van der Waals surface area contributed by atoms with Gasteiger partial charge in [0.25, 0.3) is 5.91 Å². The first kappa shape index (κ1) is 20.3. The van der Waals surface area contributed by atoms with Gasteiger partial charge in [-0.15, -0.1) is 0 Å². The van der Waals surface area contributed by atoms with Gasteiger partial charge < -0.3 is 10.6 Å². The average molecular weight is 396 g/mol. The van der Waals surface area contributed by atoms with Gasteiger partial charge in [0.05, 0.1) is 0 Å². The molecule has 0 aliphatic carbocycles. The molecule has 29 heavy (non-hydrogen) atoms. The molecule has 2 aromatic rings. The third-order valence-corrected chi connectivity index (χ3v) is 4.97. The van der Waals surface area contributed by atoms with Crippen LogP contribution in [0.1, 0.15) is 32.3 Å². The molecule has 3 rings (SSSR count). The molecule has 1 atom stereocenters. The van der Waals surface area contributed by atoms with Gasteiger partial charge in [-0.3, -0.25) is 19.8 Å². The number of carbonyl (C=O) groups is 4. The zero-order valence-corrected chi connectivity index (χ0v) is 16.5. The molecule has 8 heteroatoms. The van der Waals surface area contributed by atoms with Crippen LogP contribution in [0, 0.1) is 0 Å². The first-order valence-electron chi connectivity index (χ1n) is 9.56. The zero-order chi connectivity index (χ0) is 21.0. The lowest BCUT2D eigenvalue weighted by atomic mass is 9.90. The predicted octanol–water partition coefficient (Wildman–Crippen LogP) is 2.23. The molecule has 0 bridgehead atoms. The molecule has 0 spiro atoms. The second-order valence-electron chi connectivity index (χ2n) is 7.17. The van der Waals surface area contributed by atoms with Crippen LogP contribution in [0.5, 0.6) is 0 Å². The largest absolute Gasteiger partial charge is 0.338 e. The molecule has 6 amide bonds. The third kappa shape index (κ3) is 4.21. The van der Waals surface area contributed by atoms with E-state index >= 15 is 0 Å². The molecule has 1 heterocycles. The van der Waals surface area contributed by atoms with Gasteiger partial charge in [0.15, 0.2) is 0 Å². The van der Waals surface area contributed by atoms with E-state index < -0.39 is 36.0 Å². The third-order valence-electron chi connectivity index (χ3n) is 4.97. The Kier molecular flexibility index (Phi) is 5.81. The molecule has 8 nitrogen and oxygen atoms in total. The highest BCUT2D eigenvalue weighted by Gasteiger charge is 2.49. The number of hydrogen-bond donors (Lipinski definition) is 3. The predicted molar refractivity (Wildman–Crippen MR) is 108 cm³/mol. The number of hydrogen-bond acceptors (Lipinski definition) is 4. The van der Waals surface area contributed by atoms with E-state index in [9.17, 15) is 19.2 Å². The molecule has 152 valence electrons. The number of urea groups is 2. The van der Waals surface area contributed by atoms with Crippen molar-refractivity contribution < 1.29 is 19.2 Å². The summed E-state index contributed by atoms with van der Waals surface area (Å²) in [5.41, 5.74) is -0.667. The fourth-order valence-electron chi connectivity index (χ4n) is 3.27. The van der Waals surface area contributed by atoms with Gasteiger partial charge in [0.1, 0.15) is 12.1 Å². The van der Waals surface area contributed by atoms with Crippen molar-refractivity contribution in [3.05, 3.63) is 48.0 Å². The van der Waals surface area contributed by atoms with Crippen molar-refractivity contribution in [2.24, 2.45) is 0 Å². The molecule has 0 unspecified atom stereocenters. The van der Waals surface area contributed by atoms with Gasteiger partial charge >= 0.3 is 12.1 Å². The number of amides is 6. The number of carbonyl (C=O) groups excluding carboxylic acids is 4. The summed E-state index contributed by atoms with van der Waals surface area (Å²) in [5.74, 6) is -1.27. The summed E-state index contributed by atoms with van der Waals surface area (Å²) in [7, 11) is 0. The minimum Gasteiger partial charge on any atom is -0.338 e. The summed E-state index contributed by atoms with van der Waals surface area (Å²) in [4.78, 5) is 50.0. The Labute approximate surface area is 168 Å². The molecule has 0 radical (unpaired) electrons. The van der Waals surface area contributed by atoms with Gasteiger partial charge in [0, 0.05) is 6.54 Å². The summed E-state index contributed by atoms with van der Waals surface area (Å²) in [6.45, 7) is 3.50. The smallest absolute Gasteiger partial charge is 0.325 e. The van der Waals surface area contributed by atoms with Crippen molar-refractivity contribution in [3.8, 4) is 0 Å². The molecule has 0 aromatic heterocycles. The van der Waals surface area contributed by atoms with Gasteiger partial charge in [-0.05, 0) is 35.7 Å². The van der Waals surface area contributed by atoms with Crippen molar-refractivity contribution in [1.82, 2.24) is 20.9 Å². The maximum Gasteiger partial charge on any atom is 0.325 e. The van der Waals surface area contributed by atoms with E-state index in [0.717, 1.165) is 28.5 Å². The Hall–Kier alpha value is -3.42. The Morgan fingerprint density at radius 3 is 2.55 bits per heavy atom. The highest BCUT2D eigenvalue weighted by molar-refractivity contribution is 6.10. The highest BCUT2D eigenvalue weighted by atomic mass is 16.2. The monoisotopic (exact) mass is 396 g/mol. The van der Waals surface area contributed by atoms with Crippen molar-refractivity contribution in [3.63, 3.8) is 0 Å². The molecule has 0 saturated carbocycles. The van der Waals surface area contributed by atoms with Crippen LogP contribution < -0.4 is 16.0 Å². The minimum absolute atomic E-state index is 0.443. The van der Waals surface area contributed by atoms with Crippen LogP contribution in [0.25, 0.3) is 10.8 Å².